The number of aryl methyl sites for hydroxylation is 1. The lowest BCUT2D eigenvalue weighted by Crippen LogP contribution is -2.16. The van der Waals surface area contributed by atoms with E-state index < -0.39 is 0 Å². The first kappa shape index (κ1) is 14.9. The zero-order valence-corrected chi connectivity index (χ0v) is 12.0. The van der Waals surface area contributed by atoms with E-state index in [0.717, 1.165) is 12.8 Å². The Balaban J connectivity index is 2.62. The van der Waals surface area contributed by atoms with Gasteiger partial charge in [0, 0.05) is 12.3 Å². The summed E-state index contributed by atoms with van der Waals surface area (Å²) in [6.07, 6.45) is 6.27. The van der Waals surface area contributed by atoms with Crippen LogP contribution in [0.3, 0.4) is 0 Å². The maximum Gasteiger partial charge on any atom is 0.136 e. The minimum absolute atomic E-state index is 0.225. The average Bonchev–Trinajstić information content (AvgIpc) is 2.37. The lowest BCUT2D eigenvalue weighted by molar-refractivity contribution is -0.122. The van der Waals surface area contributed by atoms with Crippen LogP contribution in [0.1, 0.15) is 57.1 Å². The predicted octanol–water partition coefficient (Wildman–Crippen LogP) is 4.71. The van der Waals surface area contributed by atoms with Crippen LogP contribution in [0.15, 0.2) is 24.3 Å². The second kappa shape index (κ2) is 8.07. The number of hydrogen-bond acceptors (Lipinski definition) is 1. The van der Waals surface area contributed by atoms with E-state index in [1.54, 1.807) is 0 Å². The zero-order chi connectivity index (χ0) is 13.4. The van der Waals surface area contributed by atoms with Gasteiger partial charge in [0.25, 0.3) is 0 Å². The molecule has 0 aromatic heterocycles. The fraction of sp³-hybridized carbons (Fsp3) is 0.588. The number of rotatable bonds is 8. The number of unbranched alkanes of at least 4 members (excludes halogenated alkanes) is 2. The first-order valence-corrected chi connectivity index (χ1v) is 7.25. The van der Waals surface area contributed by atoms with Crippen molar-refractivity contribution in [3.05, 3.63) is 35.4 Å². The highest BCUT2D eigenvalue weighted by Gasteiger charge is 2.16. The first-order chi connectivity index (χ1) is 8.67. The molecule has 0 spiro atoms. The van der Waals surface area contributed by atoms with E-state index in [1.165, 1.54) is 30.4 Å². The van der Waals surface area contributed by atoms with Crippen LogP contribution in [0.2, 0.25) is 0 Å². The molecule has 0 N–H and O–H groups in total. The van der Waals surface area contributed by atoms with Gasteiger partial charge in [-0.25, -0.2) is 0 Å². The summed E-state index contributed by atoms with van der Waals surface area (Å²) in [5, 5.41) is 0. The molecule has 18 heavy (non-hydrogen) atoms. The van der Waals surface area contributed by atoms with E-state index in [0.29, 0.717) is 12.2 Å². The second-order valence-corrected chi connectivity index (χ2v) is 5.21. The fourth-order valence-corrected chi connectivity index (χ4v) is 2.43. The standard InChI is InChI=1S/C17H26O/c1-4-6-7-11-16(17(18)5-2)13-15-10-8-9-14(3)12-15/h8-10,12,16H,4-7,11,13H2,1-3H3. The molecule has 0 aliphatic rings. The number of benzene rings is 1. The Labute approximate surface area is 112 Å². The van der Waals surface area contributed by atoms with Crippen molar-refractivity contribution >= 4 is 5.78 Å². The first-order valence-electron chi connectivity index (χ1n) is 7.25. The molecule has 1 aromatic rings. The number of hydrogen-bond donors (Lipinski definition) is 0. The van der Waals surface area contributed by atoms with Crippen LogP contribution in [-0.2, 0) is 11.2 Å². The molecule has 0 fully saturated rings. The van der Waals surface area contributed by atoms with Crippen molar-refractivity contribution < 1.29 is 4.79 Å². The zero-order valence-electron chi connectivity index (χ0n) is 12.0. The molecule has 0 saturated carbocycles. The Hall–Kier alpha value is -1.11. The van der Waals surface area contributed by atoms with Gasteiger partial charge in [0.15, 0.2) is 0 Å². The lowest BCUT2D eigenvalue weighted by Gasteiger charge is -2.15. The van der Waals surface area contributed by atoms with Crippen molar-refractivity contribution in [2.45, 2.75) is 59.3 Å². The molecule has 1 rings (SSSR count). The Morgan fingerprint density at radius 2 is 2.00 bits per heavy atom. The van der Waals surface area contributed by atoms with Crippen molar-refractivity contribution in [2.24, 2.45) is 5.92 Å². The highest BCUT2D eigenvalue weighted by molar-refractivity contribution is 5.80. The molecule has 1 atom stereocenters. The largest absolute Gasteiger partial charge is 0.299 e. The Bertz CT molecular complexity index is 368. The van der Waals surface area contributed by atoms with Crippen LogP contribution in [0.25, 0.3) is 0 Å². The summed E-state index contributed by atoms with van der Waals surface area (Å²) in [4.78, 5) is 12.0. The monoisotopic (exact) mass is 246 g/mol. The number of carbonyl (C=O) groups excluding carboxylic acids is 1. The van der Waals surface area contributed by atoms with Crippen LogP contribution >= 0.6 is 0 Å². The van der Waals surface area contributed by atoms with Crippen LogP contribution in [-0.4, -0.2) is 5.78 Å². The fourth-order valence-electron chi connectivity index (χ4n) is 2.43. The smallest absolute Gasteiger partial charge is 0.136 e. The lowest BCUT2D eigenvalue weighted by atomic mass is 9.89. The van der Waals surface area contributed by atoms with E-state index in [-0.39, 0.29) is 5.92 Å². The maximum atomic E-state index is 12.0. The maximum absolute atomic E-state index is 12.0. The molecule has 100 valence electrons. The summed E-state index contributed by atoms with van der Waals surface area (Å²) >= 11 is 0. The van der Waals surface area contributed by atoms with E-state index in [4.69, 9.17) is 0 Å². The van der Waals surface area contributed by atoms with Crippen molar-refractivity contribution in [2.75, 3.05) is 0 Å². The molecular formula is C17H26O. The molecule has 1 heteroatoms. The molecule has 0 amide bonds. The van der Waals surface area contributed by atoms with Gasteiger partial charge in [-0.3, -0.25) is 4.79 Å². The van der Waals surface area contributed by atoms with Gasteiger partial charge in [-0.2, -0.15) is 0 Å². The third-order valence-corrected chi connectivity index (χ3v) is 3.52. The van der Waals surface area contributed by atoms with Gasteiger partial charge in [-0.15, -0.1) is 0 Å². The van der Waals surface area contributed by atoms with E-state index in [2.05, 4.69) is 38.1 Å². The van der Waals surface area contributed by atoms with Gasteiger partial charge < -0.3 is 0 Å². The summed E-state index contributed by atoms with van der Waals surface area (Å²) in [5.74, 6) is 0.649. The van der Waals surface area contributed by atoms with Gasteiger partial charge in [0.1, 0.15) is 5.78 Å². The Kier molecular flexibility index (Phi) is 6.70. The van der Waals surface area contributed by atoms with E-state index >= 15 is 0 Å². The molecule has 0 bridgehead atoms. The van der Waals surface area contributed by atoms with Crippen LogP contribution in [0.4, 0.5) is 0 Å². The SMILES string of the molecule is CCCCCC(Cc1cccc(C)c1)C(=O)CC. The molecule has 0 aliphatic carbocycles. The molecule has 1 aromatic carbocycles. The molecular weight excluding hydrogens is 220 g/mol. The topological polar surface area (TPSA) is 17.1 Å². The Morgan fingerprint density at radius 1 is 1.22 bits per heavy atom. The summed E-state index contributed by atoms with van der Waals surface area (Å²) in [6.45, 7) is 6.29. The van der Waals surface area contributed by atoms with E-state index in [9.17, 15) is 4.79 Å². The molecule has 1 nitrogen and oxygen atoms in total. The second-order valence-electron chi connectivity index (χ2n) is 5.21. The highest BCUT2D eigenvalue weighted by atomic mass is 16.1. The summed E-state index contributed by atoms with van der Waals surface area (Å²) in [6, 6.07) is 8.54. The molecule has 0 radical (unpaired) electrons. The van der Waals surface area contributed by atoms with Crippen molar-refractivity contribution in [1.82, 2.24) is 0 Å². The summed E-state index contributed by atoms with van der Waals surface area (Å²) < 4.78 is 0. The average molecular weight is 246 g/mol. The highest BCUT2D eigenvalue weighted by Crippen LogP contribution is 2.19. The molecule has 0 aliphatic heterocycles. The normalized spacial score (nSPS) is 12.4. The van der Waals surface area contributed by atoms with Gasteiger partial charge in [-0.1, -0.05) is 62.9 Å². The summed E-state index contributed by atoms with van der Waals surface area (Å²) in [7, 11) is 0. The third-order valence-electron chi connectivity index (χ3n) is 3.52. The van der Waals surface area contributed by atoms with Crippen LogP contribution < -0.4 is 0 Å². The van der Waals surface area contributed by atoms with Crippen LogP contribution in [0.5, 0.6) is 0 Å². The number of ketones is 1. The van der Waals surface area contributed by atoms with E-state index in [1.807, 2.05) is 6.92 Å². The van der Waals surface area contributed by atoms with Gasteiger partial charge in [-0.05, 0) is 25.3 Å². The molecule has 1 unspecified atom stereocenters. The predicted molar refractivity (Wildman–Crippen MR) is 77.8 cm³/mol. The number of carbonyl (C=O) groups is 1. The van der Waals surface area contributed by atoms with Gasteiger partial charge in [0.2, 0.25) is 0 Å². The minimum atomic E-state index is 0.225. The van der Waals surface area contributed by atoms with Gasteiger partial charge in [0.05, 0.1) is 0 Å². The minimum Gasteiger partial charge on any atom is -0.299 e. The number of Topliss-reactive ketones (excluding diaryl/α,β-unsaturated/α-hetero) is 1. The quantitative estimate of drug-likeness (QED) is 0.607. The summed E-state index contributed by atoms with van der Waals surface area (Å²) in [5.41, 5.74) is 2.59. The van der Waals surface area contributed by atoms with Gasteiger partial charge >= 0.3 is 0 Å². The Morgan fingerprint density at radius 3 is 2.61 bits per heavy atom. The van der Waals surface area contributed by atoms with Crippen molar-refractivity contribution in [3.8, 4) is 0 Å². The van der Waals surface area contributed by atoms with Crippen molar-refractivity contribution in [3.63, 3.8) is 0 Å². The third kappa shape index (κ3) is 5.03. The molecule has 0 saturated heterocycles. The van der Waals surface area contributed by atoms with Crippen molar-refractivity contribution in [1.29, 1.82) is 0 Å². The van der Waals surface area contributed by atoms with Crippen LogP contribution in [0, 0.1) is 12.8 Å². The molecule has 0 heterocycles.